The molecule has 2 fully saturated rings. The van der Waals surface area contributed by atoms with Crippen molar-refractivity contribution in [2.45, 2.75) is 88.2 Å². The van der Waals surface area contributed by atoms with E-state index < -0.39 is 56.2 Å². The molecule has 15 heteroatoms. The number of nitrogens with zero attached hydrogens (tertiary/aromatic N) is 4. The Morgan fingerprint density at radius 3 is 2.52 bits per heavy atom. The monoisotopic (exact) mass is 625 g/mol. The first kappa shape index (κ1) is 30.6. The van der Waals surface area contributed by atoms with Crippen molar-refractivity contribution in [2.24, 2.45) is 5.92 Å². The van der Waals surface area contributed by atoms with Crippen molar-refractivity contribution in [1.82, 2.24) is 13.7 Å². The Morgan fingerprint density at radius 1 is 1.29 bits per heavy atom. The van der Waals surface area contributed by atoms with Crippen LogP contribution in [0.1, 0.15) is 64.2 Å². The number of carboxylic acids is 1. The lowest BCUT2D eigenvalue weighted by molar-refractivity contribution is -0.877. The number of thiazole rings is 1. The third kappa shape index (κ3) is 4.39. The lowest BCUT2D eigenvalue weighted by atomic mass is 9.72. The first-order valence-corrected chi connectivity index (χ1v) is 16.3. The minimum absolute atomic E-state index is 0.0763. The molecule has 13 nitrogen and oxygen atoms in total. The van der Waals surface area contributed by atoms with Crippen LogP contribution in [0.3, 0.4) is 0 Å². The molecule has 2 aromatic heterocycles. The number of carbonyl (C=O) groups is 3. The molecule has 230 valence electrons. The Balaban J connectivity index is 1.71. The lowest BCUT2D eigenvalue weighted by Crippen LogP contribution is -2.79. The maximum absolute atomic E-state index is 13.8. The zero-order valence-corrected chi connectivity index (χ0v) is 25.9. The zero-order valence-electron chi connectivity index (χ0n) is 24.3. The van der Waals surface area contributed by atoms with Crippen molar-refractivity contribution in [3.8, 4) is 0 Å². The second kappa shape index (κ2) is 10.7. The predicted molar refractivity (Wildman–Crippen MR) is 151 cm³/mol. The topological polar surface area (TPSA) is 165 Å². The molecule has 0 spiro atoms. The standard InChI is InChI=1S/C27H36N4O9S2/c1-6-12-31-20(25(34)35)19(17-13-30-14-28-22(23(30)41-17)42(37,38)29(4)5)27(3,21(31)18(15(2)32)24(31)33)40-26(36)39-16-10-8-7-9-11-16/h13-16,18,21,32H,6-12H2,1-5H3/p+1/t15-,18-,21-,27+,31?/m1/s1. The Kier molecular flexibility index (Phi) is 7.80. The van der Waals surface area contributed by atoms with Gasteiger partial charge in [0.25, 0.3) is 10.0 Å². The van der Waals surface area contributed by atoms with Gasteiger partial charge in [-0.25, -0.2) is 36.6 Å². The summed E-state index contributed by atoms with van der Waals surface area (Å²) in [6.45, 7) is 4.95. The van der Waals surface area contributed by atoms with E-state index in [1.807, 2.05) is 6.92 Å². The molecule has 5 rings (SSSR count). The van der Waals surface area contributed by atoms with Crippen LogP contribution < -0.4 is 0 Å². The average molecular weight is 626 g/mol. The van der Waals surface area contributed by atoms with Crippen LogP contribution in [0.2, 0.25) is 0 Å². The molecule has 42 heavy (non-hydrogen) atoms. The molecule has 1 unspecified atom stereocenters. The van der Waals surface area contributed by atoms with E-state index in [1.165, 1.54) is 37.9 Å². The second-order valence-corrected chi connectivity index (χ2v) is 14.8. The van der Waals surface area contributed by atoms with Gasteiger partial charge in [0.1, 0.15) is 17.3 Å². The van der Waals surface area contributed by atoms with Gasteiger partial charge < -0.3 is 19.7 Å². The number of hydrogen-bond donors (Lipinski definition) is 2. The third-order valence-electron chi connectivity index (χ3n) is 8.75. The van der Waals surface area contributed by atoms with Gasteiger partial charge in [-0.1, -0.05) is 13.3 Å². The number of β-lactam (4-membered cyclic amide) rings is 1. The molecule has 0 bridgehead atoms. The van der Waals surface area contributed by atoms with Gasteiger partial charge in [0.05, 0.1) is 23.1 Å². The number of carboxylic acid groups (broad SMARTS) is 1. The summed E-state index contributed by atoms with van der Waals surface area (Å²) in [5.41, 5.74) is -1.89. The summed E-state index contributed by atoms with van der Waals surface area (Å²) < 4.78 is 39.6. The summed E-state index contributed by atoms with van der Waals surface area (Å²) in [4.78, 5) is 44.8. The number of rotatable bonds is 9. The van der Waals surface area contributed by atoms with E-state index in [2.05, 4.69) is 4.98 Å². The number of amides is 1. The van der Waals surface area contributed by atoms with Crippen molar-refractivity contribution in [1.29, 1.82) is 0 Å². The van der Waals surface area contributed by atoms with Crippen LogP contribution >= 0.6 is 11.3 Å². The van der Waals surface area contributed by atoms with E-state index in [9.17, 15) is 33.0 Å². The number of aliphatic hydroxyl groups excluding tert-OH is 1. The summed E-state index contributed by atoms with van der Waals surface area (Å²) in [6.07, 6.45) is 5.07. The smallest absolute Gasteiger partial charge is 0.474 e. The number of ether oxygens (including phenoxy) is 2. The number of aromatic nitrogens is 2. The molecule has 2 aromatic rings. The van der Waals surface area contributed by atoms with Crippen molar-refractivity contribution in [3.05, 3.63) is 23.1 Å². The van der Waals surface area contributed by atoms with Gasteiger partial charge in [0.2, 0.25) is 10.7 Å². The zero-order chi connectivity index (χ0) is 30.8. The van der Waals surface area contributed by atoms with Crippen LogP contribution in [0.5, 0.6) is 0 Å². The summed E-state index contributed by atoms with van der Waals surface area (Å²) >= 11 is 0.975. The van der Waals surface area contributed by atoms with Gasteiger partial charge in [0, 0.05) is 20.3 Å². The highest BCUT2D eigenvalue weighted by Crippen LogP contribution is 2.60. The van der Waals surface area contributed by atoms with Gasteiger partial charge in [-0.3, -0.25) is 4.40 Å². The number of hydrogen-bond acceptors (Lipinski definition) is 10. The molecular weight excluding hydrogens is 588 g/mol. The van der Waals surface area contributed by atoms with Crippen molar-refractivity contribution >= 4 is 49.8 Å². The Bertz CT molecular complexity index is 1570. The van der Waals surface area contributed by atoms with Crippen LogP contribution in [-0.2, 0) is 29.1 Å². The van der Waals surface area contributed by atoms with Crippen LogP contribution in [0, 0.1) is 5.92 Å². The minimum atomic E-state index is -3.94. The largest absolute Gasteiger partial charge is 0.509 e. The minimum Gasteiger partial charge on any atom is -0.474 e. The summed E-state index contributed by atoms with van der Waals surface area (Å²) in [6, 6.07) is -0.936. The van der Waals surface area contributed by atoms with Crippen molar-refractivity contribution in [3.63, 3.8) is 0 Å². The Hall–Kier alpha value is -2.85. The van der Waals surface area contributed by atoms with E-state index in [-0.39, 0.29) is 33.8 Å². The van der Waals surface area contributed by atoms with Crippen LogP contribution in [0.15, 0.2) is 23.2 Å². The number of aliphatic carboxylic acids is 1. The first-order valence-electron chi connectivity index (χ1n) is 14.1. The highest BCUT2D eigenvalue weighted by Gasteiger charge is 2.81. The fraction of sp³-hybridized carbons (Fsp3) is 0.630. The van der Waals surface area contributed by atoms with Gasteiger partial charge >= 0.3 is 18.0 Å². The first-order chi connectivity index (χ1) is 19.7. The summed E-state index contributed by atoms with van der Waals surface area (Å²) in [7, 11) is -1.18. The normalized spacial score (nSPS) is 29.1. The fourth-order valence-corrected chi connectivity index (χ4v) is 9.43. The molecular formula is C27H37N4O9S2+. The highest BCUT2D eigenvalue weighted by atomic mass is 32.2. The molecule has 3 aliphatic rings. The number of fused-ring (bicyclic) bond motifs is 2. The molecule has 1 amide bonds. The van der Waals surface area contributed by atoms with Crippen molar-refractivity contribution < 1.29 is 47.0 Å². The van der Waals surface area contributed by atoms with E-state index in [0.717, 1.165) is 34.9 Å². The molecule has 1 saturated carbocycles. The van der Waals surface area contributed by atoms with Gasteiger partial charge in [-0.05, 0) is 46.0 Å². The van der Waals surface area contributed by atoms with Crippen LogP contribution in [0.25, 0.3) is 10.4 Å². The Morgan fingerprint density at radius 2 is 1.95 bits per heavy atom. The molecule has 2 N–H and O–H groups in total. The van der Waals surface area contributed by atoms with Gasteiger partial charge in [-0.15, -0.1) is 11.3 Å². The van der Waals surface area contributed by atoms with Crippen LogP contribution in [-0.4, -0.2) is 99.3 Å². The molecule has 0 radical (unpaired) electrons. The van der Waals surface area contributed by atoms with Gasteiger partial charge in [-0.2, -0.15) is 0 Å². The van der Waals surface area contributed by atoms with Gasteiger partial charge in [0.15, 0.2) is 17.6 Å². The number of quaternary nitrogens is 1. The van der Waals surface area contributed by atoms with E-state index in [0.29, 0.717) is 24.1 Å². The fourth-order valence-electron chi connectivity index (χ4n) is 7.02. The highest BCUT2D eigenvalue weighted by molar-refractivity contribution is 7.89. The van der Waals surface area contributed by atoms with E-state index in [1.54, 1.807) is 6.92 Å². The Labute approximate surface area is 248 Å². The van der Waals surface area contributed by atoms with E-state index in [4.69, 9.17) is 9.47 Å². The average Bonchev–Trinajstić information content (AvgIpc) is 3.53. The summed E-state index contributed by atoms with van der Waals surface area (Å²) in [5, 5.41) is 21.1. The number of aliphatic hydroxyl groups is 1. The molecule has 1 aliphatic carbocycles. The molecule has 2 aliphatic heterocycles. The predicted octanol–water partition coefficient (Wildman–Crippen LogP) is 2.83. The second-order valence-electron chi connectivity index (χ2n) is 11.7. The van der Waals surface area contributed by atoms with Crippen LogP contribution in [0.4, 0.5) is 4.79 Å². The third-order valence-corrected chi connectivity index (χ3v) is 11.8. The maximum Gasteiger partial charge on any atom is 0.509 e. The molecule has 5 atom stereocenters. The van der Waals surface area contributed by atoms with E-state index >= 15 is 0 Å². The number of carbonyl (C=O) groups excluding carboxylic acids is 2. The quantitative estimate of drug-likeness (QED) is 0.241. The molecule has 0 aromatic carbocycles. The summed E-state index contributed by atoms with van der Waals surface area (Å²) in [5.74, 6) is -2.85. The SMILES string of the molecule is CCC[N+]12C(=O)[C@H]([C@@H](C)O)[C@@H]1[C@@](C)(OC(=O)OC1CCCCC1)C(c1cn3cnc(S(=O)(=O)N(C)C)c3s1)=C2C(=O)O. The number of sulfonamides is 1. The van der Waals surface area contributed by atoms with Crippen molar-refractivity contribution in [2.75, 3.05) is 20.6 Å². The molecule has 1 saturated heterocycles. The molecule has 4 heterocycles. The maximum atomic E-state index is 13.8. The lowest BCUT2D eigenvalue weighted by Gasteiger charge is -2.54. The number of imidazole rings is 1.